The maximum atomic E-state index is 14.8. The third-order valence-electron chi connectivity index (χ3n) is 10.8. The van der Waals surface area contributed by atoms with Crippen molar-refractivity contribution in [2.75, 3.05) is 20.2 Å². The van der Waals surface area contributed by atoms with Crippen LogP contribution in [0.3, 0.4) is 0 Å². The van der Waals surface area contributed by atoms with Gasteiger partial charge < -0.3 is 20.5 Å². The van der Waals surface area contributed by atoms with E-state index in [2.05, 4.69) is 34.9 Å². The molecule has 1 saturated heterocycles. The number of carbonyl (C=O) groups excluding carboxylic acids is 3. The lowest BCUT2D eigenvalue weighted by Gasteiger charge is -2.62. The van der Waals surface area contributed by atoms with Gasteiger partial charge in [0.15, 0.2) is 11.6 Å². The number of nitrogens with two attached hydrogens (primary N) is 1. The van der Waals surface area contributed by atoms with Gasteiger partial charge in [-0.3, -0.25) is 14.9 Å². The minimum Gasteiger partial charge on any atom is -0.496 e. The maximum absolute atomic E-state index is 14.8. The van der Waals surface area contributed by atoms with Crippen LogP contribution in [0.4, 0.5) is 4.79 Å². The molecule has 0 spiro atoms. The first kappa shape index (κ1) is 30.8. The highest BCUT2D eigenvalue weighted by Gasteiger charge is 2.75. The van der Waals surface area contributed by atoms with Crippen molar-refractivity contribution in [1.29, 1.82) is 0 Å². The minimum absolute atomic E-state index is 0.0372. The van der Waals surface area contributed by atoms with Crippen molar-refractivity contribution in [3.8, 4) is 5.75 Å². The molecule has 8 heteroatoms. The van der Waals surface area contributed by atoms with Crippen molar-refractivity contribution in [2.24, 2.45) is 17.1 Å². The first-order valence-electron chi connectivity index (χ1n) is 16.2. The summed E-state index contributed by atoms with van der Waals surface area (Å²) in [6.45, 7) is 0.0534. The Balaban J connectivity index is 1.30. The van der Waals surface area contributed by atoms with Crippen LogP contribution < -0.4 is 21.1 Å². The Bertz CT molecular complexity index is 1810. The van der Waals surface area contributed by atoms with Crippen molar-refractivity contribution in [1.82, 2.24) is 10.6 Å². The monoisotopic (exact) mass is 629 g/mol. The van der Waals surface area contributed by atoms with Crippen molar-refractivity contribution in [2.45, 2.75) is 42.9 Å². The van der Waals surface area contributed by atoms with E-state index in [1.807, 2.05) is 84.9 Å². The predicted octanol–water partition coefficient (Wildman–Crippen LogP) is 5.04. The largest absolute Gasteiger partial charge is 0.496 e. The molecule has 3 aliphatic carbocycles. The van der Waals surface area contributed by atoms with Crippen LogP contribution in [0.5, 0.6) is 5.75 Å². The zero-order valence-corrected chi connectivity index (χ0v) is 26.4. The average molecular weight is 630 g/mol. The number of hydrogen-bond acceptors (Lipinski definition) is 7. The number of hydrogen-bond donors (Lipinski definition) is 3. The van der Waals surface area contributed by atoms with Crippen LogP contribution in [-0.2, 0) is 32.8 Å². The predicted molar refractivity (Wildman–Crippen MR) is 178 cm³/mol. The number of ether oxygens (including phenoxy) is 2. The lowest BCUT2D eigenvalue weighted by atomic mass is 9.39. The second-order valence-corrected chi connectivity index (χ2v) is 13.0. The smallest absolute Gasteiger partial charge is 0.407 e. The summed E-state index contributed by atoms with van der Waals surface area (Å²) in [6, 6.07) is 35.2. The molecule has 1 saturated carbocycles. The average Bonchev–Trinajstić information content (AvgIpc) is 3.48. The van der Waals surface area contributed by atoms with E-state index in [1.165, 1.54) is 0 Å². The number of para-hydroxylation sites is 1. The Morgan fingerprint density at radius 1 is 0.872 bits per heavy atom. The van der Waals surface area contributed by atoms with Crippen LogP contribution in [0.25, 0.3) is 0 Å². The van der Waals surface area contributed by atoms with Crippen LogP contribution in [-0.4, -0.2) is 43.5 Å². The number of methoxy groups -OCH3 is 1. The van der Waals surface area contributed by atoms with Gasteiger partial charge in [-0.1, -0.05) is 103 Å². The van der Waals surface area contributed by atoms with Crippen LogP contribution >= 0.6 is 0 Å². The molecule has 4 aromatic rings. The second-order valence-electron chi connectivity index (χ2n) is 13.0. The quantitative estimate of drug-likeness (QED) is 0.225. The summed E-state index contributed by atoms with van der Waals surface area (Å²) in [7, 11) is 1.58. The highest BCUT2D eigenvalue weighted by Crippen LogP contribution is 2.70. The van der Waals surface area contributed by atoms with Gasteiger partial charge in [-0.15, -0.1) is 0 Å². The van der Waals surface area contributed by atoms with Crippen LogP contribution in [0.1, 0.15) is 46.6 Å². The third kappa shape index (κ3) is 4.86. The highest BCUT2D eigenvalue weighted by atomic mass is 16.5. The molecule has 2 fully saturated rings. The van der Waals surface area contributed by atoms with Crippen LogP contribution in [0.15, 0.2) is 109 Å². The molecule has 8 nitrogen and oxygen atoms in total. The third-order valence-corrected chi connectivity index (χ3v) is 10.8. The van der Waals surface area contributed by atoms with Gasteiger partial charge in [-0.2, -0.15) is 0 Å². The lowest BCUT2D eigenvalue weighted by Crippen LogP contribution is -2.71. The molecule has 5 atom stereocenters. The van der Waals surface area contributed by atoms with Gasteiger partial charge in [0.2, 0.25) is 0 Å². The van der Waals surface area contributed by atoms with Gasteiger partial charge >= 0.3 is 6.09 Å². The van der Waals surface area contributed by atoms with E-state index >= 15 is 0 Å². The number of Topliss-reactive ketones (excluding diaryl/α,β-unsaturated/α-hetero) is 2. The molecular formula is C39H39N3O5. The van der Waals surface area contributed by atoms with E-state index in [0.29, 0.717) is 5.75 Å². The minimum atomic E-state index is -1.55. The maximum Gasteiger partial charge on any atom is 0.407 e. The molecule has 4 N–H and O–H groups in total. The summed E-state index contributed by atoms with van der Waals surface area (Å²) in [6.07, 6.45) is 0.834. The fourth-order valence-electron chi connectivity index (χ4n) is 8.93. The van der Waals surface area contributed by atoms with Crippen molar-refractivity contribution in [3.63, 3.8) is 0 Å². The van der Waals surface area contributed by atoms with E-state index in [9.17, 15) is 14.4 Å². The van der Waals surface area contributed by atoms with Gasteiger partial charge in [0.25, 0.3) is 0 Å². The fourth-order valence-corrected chi connectivity index (χ4v) is 8.93. The molecule has 4 aliphatic rings. The zero-order valence-electron chi connectivity index (χ0n) is 26.4. The normalized spacial score (nSPS) is 26.9. The molecular weight excluding hydrogens is 590 g/mol. The van der Waals surface area contributed by atoms with E-state index in [4.69, 9.17) is 15.2 Å². The molecule has 240 valence electrons. The summed E-state index contributed by atoms with van der Waals surface area (Å²) in [5.74, 6) is -0.589. The van der Waals surface area contributed by atoms with E-state index < -0.39 is 28.5 Å². The fraction of sp³-hybridized carbons (Fsp3) is 0.308. The van der Waals surface area contributed by atoms with E-state index in [0.717, 1.165) is 40.7 Å². The number of amides is 1. The molecule has 1 heterocycles. The number of ketones is 2. The van der Waals surface area contributed by atoms with Crippen molar-refractivity contribution < 1.29 is 23.9 Å². The lowest BCUT2D eigenvalue weighted by molar-refractivity contribution is -0.141. The van der Waals surface area contributed by atoms with Crippen LogP contribution in [0, 0.1) is 11.3 Å². The second kappa shape index (κ2) is 12.1. The Hall–Kier alpha value is -4.79. The van der Waals surface area contributed by atoms with Gasteiger partial charge in [0, 0.05) is 29.9 Å². The first-order chi connectivity index (χ1) is 22.8. The topological polar surface area (TPSA) is 120 Å². The Morgan fingerprint density at radius 3 is 2.32 bits per heavy atom. The SMILES string of the molecule is COc1ccccc1CC(=O)C1(N)NCC2(C(=O)CNC(=O)OCc3ccccc3)C3CCC(c4ccccc4)(c4ccccc43)C12. The molecule has 8 rings (SSSR count). The summed E-state index contributed by atoms with van der Waals surface area (Å²) in [4.78, 5) is 42.3. The summed E-state index contributed by atoms with van der Waals surface area (Å²) < 4.78 is 11.0. The number of benzene rings is 4. The summed E-state index contributed by atoms with van der Waals surface area (Å²) in [5.41, 5.74) is 8.84. The number of nitrogens with one attached hydrogen (secondary N) is 2. The standard InChI is InChI=1S/C39H39N3O5/c1-46-32-19-11-8-14-27(32)22-33(43)39(40)35-37(28-15-6-3-7-16-28)21-20-31(29-17-9-10-18-30(29)37)38(35,25-42-39)34(44)23-41-36(45)47-24-26-12-4-2-5-13-26/h2-19,31,35,42H,20-25,40H2,1H3,(H,41,45). The van der Waals surface area contributed by atoms with Crippen molar-refractivity contribution in [3.05, 3.63) is 137 Å². The highest BCUT2D eigenvalue weighted by molar-refractivity contribution is 5.97. The summed E-state index contributed by atoms with van der Waals surface area (Å²) in [5, 5.41) is 6.17. The Morgan fingerprint density at radius 2 is 1.55 bits per heavy atom. The van der Waals surface area contributed by atoms with E-state index in [-0.39, 0.29) is 43.6 Å². The molecule has 5 unspecified atom stereocenters. The molecule has 0 radical (unpaired) electrons. The Kier molecular flexibility index (Phi) is 7.94. The number of carbonyl (C=O) groups is 3. The summed E-state index contributed by atoms with van der Waals surface area (Å²) >= 11 is 0. The molecule has 1 aliphatic heterocycles. The van der Waals surface area contributed by atoms with Gasteiger partial charge in [0.1, 0.15) is 18.0 Å². The number of alkyl carbamates (subject to hydrolysis) is 1. The van der Waals surface area contributed by atoms with Gasteiger partial charge in [-0.05, 0) is 47.1 Å². The molecule has 4 aromatic carbocycles. The molecule has 47 heavy (non-hydrogen) atoms. The molecule has 2 bridgehead atoms. The number of rotatable bonds is 10. The van der Waals surface area contributed by atoms with E-state index in [1.54, 1.807) is 7.11 Å². The zero-order chi connectivity index (χ0) is 32.6. The molecule has 1 amide bonds. The number of fused-ring (bicyclic) bond motifs is 1. The first-order valence-corrected chi connectivity index (χ1v) is 16.2. The van der Waals surface area contributed by atoms with Crippen molar-refractivity contribution >= 4 is 17.7 Å². The van der Waals surface area contributed by atoms with Crippen LogP contribution in [0.2, 0.25) is 0 Å². The van der Waals surface area contributed by atoms with Gasteiger partial charge in [-0.25, -0.2) is 4.79 Å². The van der Waals surface area contributed by atoms with Gasteiger partial charge in [0.05, 0.1) is 19.1 Å². The molecule has 0 aromatic heterocycles. The Labute approximate surface area is 274 Å².